The summed E-state index contributed by atoms with van der Waals surface area (Å²) in [5.74, 6) is -0.600. The van der Waals surface area contributed by atoms with Gasteiger partial charge in [-0.2, -0.15) is 0 Å². The van der Waals surface area contributed by atoms with Gasteiger partial charge in [-0.25, -0.2) is 0 Å². The van der Waals surface area contributed by atoms with Crippen LogP contribution in [0.25, 0.3) is 0 Å². The van der Waals surface area contributed by atoms with E-state index in [1.807, 2.05) is 0 Å². The van der Waals surface area contributed by atoms with Crippen molar-refractivity contribution in [3.05, 3.63) is 12.2 Å². The Hall–Kier alpha value is -1.36. The van der Waals surface area contributed by atoms with Gasteiger partial charge in [0.15, 0.2) is 6.10 Å². The number of carbonyl (C=O) groups excluding carboxylic acids is 2. The third-order valence-corrected chi connectivity index (χ3v) is 6.81. The first-order valence-corrected chi connectivity index (χ1v) is 15.7. The van der Waals surface area contributed by atoms with E-state index in [1.165, 1.54) is 89.9 Å². The normalized spacial score (nSPS) is 12.2. The lowest BCUT2D eigenvalue weighted by Gasteiger charge is -2.15. The van der Waals surface area contributed by atoms with E-state index in [0.717, 1.165) is 44.9 Å². The average molecular weight is 525 g/mol. The van der Waals surface area contributed by atoms with Crippen LogP contribution in [0.15, 0.2) is 12.2 Å². The molecule has 5 heteroatoms. The van der Waals surface area contributed by atoms with Crippen molar-refractivity contribution in [2.24, 2.45) is 0 Å². The Kier molecular flexibility index (Phi) is 28.1. The highest BCUT2D eigenvalue weighted by molar-refractivity contribution is 5.70. The number of rotatable bonds is 28. The van der Waals surface area contributed by atoms with E-state index in [2.05, 4.69) is 26.0 Å². The minimum atomic E-state index is -0.766. The van der Waals surface area contributed by atoms with Crippen LogP contribution in [-0.2, 0) is 19.1 Å². The molecule has 0 radical (unpaired) electrons. The molecular formula is C32H60O5. The van der Waals surface area contributed by atoms with Gasteiger partial charge in [0.1, 0.15) is 6.61 Å². The van der Waals surface area contributed by atoms with Crippen LogP contribution in [0.1, 0.15) is 162 Å². The van der Waals surface area contributed by atoms with Gasteiger partial charge in [0, 0.05) is 12.8 Å². The molecule has 1 unspecified atom stereocenters. The molecule has 37 heavy (non-hydrogen) atoms. The van der Waals surface area contributed by atoms with E-state index >= 15 is 0 Å². The van der Waals surface area contributed by atoms with Crippen LogP contribution in [0.5, 0.6) is 0 Å². The van der Waals surface area contributed by atoms with Gasteiger partial charge in [0.25, 0.3) is 0 Å². The van der Waals surface area contributed by atoms with Crippen molar-refractivity contribution in [3.8, 4) is 0 Å². The van der Waals surface area contributed by atoms with Gasteiger partial charge < -0.3 is 14.6 Å². The van der Waals surface area contributed by atoms with Crippen LogP contribution in [0, 0.1) is 0 Å². The Labute approximate surface area is 229 Å². The number of aliphatic hydroxyl groups is 1. The molecule has 5 nitrogen and oxygen atoms in total. The summed E-state index contributed by atoms with van der Waals surface area (Å²) >= 11 is 0. The van der Waals surface area contributed by atoms with Crippen LogP contribution in [0.4, 0.5) is 0 Å². The first-order chi connectivity index (χ1) is 18.1. The lowest BCUT2D eigenvalue weighted by atomic mass is 10.0. The molecule has 0 aromatic heterocycles. The third-order valence-electron chi connectivity index (χ3n) is 6.81. The maximum atomic E-state index is 12.0. The fourth-order valence-electron chi connectivity index (χ4n) is 4.36. The van der Waals surface area contributed by atoms with Gasteiger partial charge in [0.05, 0.1) is 6.61 Å². The highest BCUT2D eigenvalue weighted by Gasteiger charge is 2.16. The van der Waals surface area contributed by atoms with E-state index < -0.39 is 6.10 Å². The molecule has 0 aliphatic rings. The van der Waals surface area contributed by atoms with Crippen molar-refractivity contribution in [1.29, 1.82) is 0 Å². The molecular weight excluding hydrogens is 464 g/mol. The highest BCUT2D eigenvalue weighted by atomic mass is 16.6. The van der Waals surface area contributed by atoms with Crippen molar-refractivity contribution >= 4 is 11.9 Å². The van der Waals surface area contributed by atoms with Crippen LogP contribution in [-0.4, -0.2) is 36.4 Å². The van der Waals surface area contributed by atoms with Crippen LogP contribution in [0.3, 0.4) is 0 Å². The SMILES string of the molecule is CCCCC=CCCCCCCCC(=O)OC(CO)COC(=O)CCCCCCCCCCCCCC. The lowest BCUT2D eigenvalue weighted by molar-refractivity contribution is -0.161. The standard InChI is InChI=1S/C32H60O5/c1-3-5-7-9-11-13-15-17-18-20-22-24-26-31(34)36-29-30(28-33)37-32(35)27-25-23-21-19-16-14-12-10-8-6-4-2/h10,12,30,33H,3-9,11,13-29H2,1-2H3. The maximum Gasteiger partial charge on any atom is 0.306 e. The number of hydrogen-bond donors (Lipinski definition) is 1. The number of esters is 2. The van der Waals surface area contributed by atoms with Crippen molar-refractivity contribution in [2.45, 2.75) is 168 Å². The number of unbranched alkanes of at least 4 members (excludes halogenated alkanes) is 18. The lowest BCUT2D eigenvalue weighted by Crippen LogP contribution is -2.28. The molecule has 1 N–H and O–H groups in total. The number of ether oxygens (including phenoxy) is 2. The van der Waals surface area contributed by atoms with Gasteiger partial charge >= 0.3 is 11.9 Å². The molecule has 0 saturated heterocycles. The quantitative estimate of drug-likeness (QED) is 0.0628. The van der Waals surface area contributed by atoms with Crippen molar-refractivity contribution < 1.29 is 24.2 Å². The summed E-state index contributed by atoms with van der Waals surface area (Å²) in [4.78, 5) is 24.0. The summed E-state index contributed by atoms with van der Waals surface area (Å²) in [6.45, 7) is 4.07. The molecule has 0 rings (SSSR count). The van der Waals surface area contributed by atoms with Crippen LogP contribution < -0.4 is 0 Å². The Morgan fingerprint density at radius 3 is 1.54 bits per heavy atom. The number of hydrogen-bond acceptors (Lipinski definition) is 5. The largest absolute Gasteiger partial charge is 0.462 e. The molecule has 0 saturated carbocycles. The number of aliphatic hydroxyl groups excluding tert-OH is 1. The highest BCUT2D eigenvalue weighted by Crippen LogP contribution is 2.13. The predicted octanol–water partition coefficient (Wildman–Crippen LogP) is 9.00. The second kappa shape index (κ2) is 29.2. The second-order valence-corrected chi connectivity index (χ2v) is 10.5. The molecule has 0 amide bonds. The smallest absolute Gasteiger partial charge is 0.306 e. The first kappa shape index (κ1) is 35.6. The van der Waals surface area contributed by atoms with Gasteiger partial charge in [-0.05, 0) is 32.1 Å². The van der Waals surface area contributed by atoms with Crippen molar-refractivity contribution in [3.63, 3.8) is 0 Å². The number of carbonyl (C=O) groups is 2. The van der Waals surface area contributed by atoms with Crippen molar-refractivity contribution in [1.82, 2.24) is 0 Å². The monoisotopic (exact) mass is 524 g/mol. The van der Waals surface area contributed by atoms with Gasteiger partial charge in [-0.1, -0.05) is 129 Å². The van der Waals surface area contributed by atoms with Crippen molar-refractivity contribution in [2.75, 3.05) is 13.2 Å². The Balaban J connectivity index is 3.59. The number of allylic oxidation sites excluding steroid dienone is 2. The fourth-order valence-corrected chi connectivity index (χ4v) is 4.36. The minimum Gasteiger partial charge on any atom is -0.462 e. The van der Waals surface area contributed by atoms with Crippen LogP contribution in [0.2, 0.25) is 0 Å². The topological polar surface area (TPSA) is 72.8 Å². The molecule has 0 aliphatic carbocycles. The molecule has 0 bridgehead atoms. The molecule has 0 aromatic rings. The Morgan fingerprint density at radius 2 is 1.03 bits per heavy atom. The maximum absolute atomic E-state index is 12.0. The first-order valence-electron chi connectivity index (χ1n) is 15.7. The molecule has 218 valence electrons. The van der Waals surface area contributed by atoms with E-state index in [4.69, 9.17) is 9.47 Å². The van der Waals surface area contributed by atoms with Gasteiger partial charge in [-0.15, -0.1) is 0 Å². The summed E-state index contributed by atoms with van der Waals surface area (Å²) < 4.78 is 10.5. The molecule has 0 aromatic carbocycles. The third kappa shape index (κ3) is 27.5. The molecule has 0 heterocycles. The minimum absolute atomic E-state index is 0.0644. The zero-order valence-electron chi connectivity index (χ0n) is 24.5. The Bertz CT molecular complexity index is 531. The van der Waals surface area contributed by atoms with E-state index in [-0.39, 0.29) is 25.2 Å². The zero-order valence-corrected chi connectivity index (χ0v) is 24.5. The predicted molar refractivity (Wildman–Crippen MR) is 155 cm³/mol. The van der Waals surface area contributed by atoms with Gasteiger partial charge in [0.2, 0.25) is 0 Å². The summed E-state index contributed by atoms with van der Waals surface area (Å²) in [5.41, 5.74) is 0. The molecule has 1 atom stereocenters. The van der Waals surface area contributed by atoms with E-state index in [1.54, 1.807) is 0 Å². The summed E-state index contributed by atoms with van der Waals surface area (Å²) in [5, 5.41) is 9.46. The van der Waals surface area contributed by atoms with E-state index in [9.17, 15) is 14.7 Å². The summed E-state index contributed by atoms with van der Waals surface area (Å²) in [7, 11) is 0. The molecule has 0 spiro atoms. The fraction of sp³-hybridized carbons (Fsp3) is 0.875. The van der Waals surface area contributed by atoms with Crippen LogP contribution >= 0.6 is 0 Å². The second-order valence-electron chi connectivity index (χ2n) is 10.5. The molecule has 0 fully saturated rings. The Morgan fingerprint density at radius 1 is 0.595 bits per heavy atom. The molecule has 0 aliphatic heterocycles. The summed E-state index contributed by atoms with van der Waals surface area (Å²) in [6.07, 6.45) is 29.7. The van der Waals surface area contributed by atoms with E-state index in [0.29, 0.717) is 12.8 Å². The van der Waals surface area contributed by atoms with Gasteiger partial charge in [-0.3, -0.25) is 9.59 Å². The zero-order chi connectivity index (χ0) is 27.2. The average Bonchev–Trinajstić information content (AvgIpc) is 2.90. The summed E-state index contributed by atoms with van der Waals surface area (Å²) in [6, 6.07) is 0.